The van der Waals surface area contributed by atoms with Crippen LogP contribution >= 0.6 is 0 Å². The Morgan fingerprint density at radius 1 is 1.40 bits per heavy atom. The molecule has 1 heterocycles. The Bertz CT molecular complexity index is 316. The zero-order valence-electron chi connectivity index (χ0n) is 9.49. The molecule has 0 aromatic heterocycles. The largest absolute Gasteiger partial charge is 0.363 e. The quantitative estimate of drug-likeness (QED) is 0.798. The molecule has 0 spiro atoms. The van der Waals surface area contributed by atoms with Gasteiger partial charge in [-0.25, -0.2) is 0 Å². The van der Waals surface area contributed by atoms with E-state index in [0.29, 0.717) is 5.92 Å². The van der Waals surface area contributed by atoms with Crippen molar-refractivity contribution >= 4 is 0 Å². The van der Waals surface area contributed by atoms with Gasteiger partial charge in [0.2, 0.25) is 0 Å². The van der Waals surface area contributed by atoms with E-state index in [4.69, 9.17) is 4.74 Å². The normalized spacial score (nSPS) is 26.5. The molecule has 0 radical (unpaired) electrons. The van der Waals surface area contributed by atoms with Crippen LogP contribution in [0.4, 0.5) is 0 Å². The maximum atomic E-state index is 5.74. The summed E-state index contributed by atoms with van der Waals surface area (Å²) in [5, 5.41) is 3.42. The van der Waals surface area contributed by atoms with Crippen molar-refractivity contribution in [3.05, 3.63) is 35.4 Å². The summed E-state index contributed by atoms with van der Waals surface area (Å²) >= 11 is 0. The molecular weight excluding hydrogens is 186 g/mol. The number of rotatable bonds is 2. The number of aryl methyl sites for hydroxylation is 1. The van der Waals surface area contributed by atoms with E-state index in [-0.39, 0.29) is 6.23 Å². The van der Waals surface area contributed by atoms with Crippen molar-refractivity contribution in [2.24, 2.45) is 5.92 Å². The average Bonchev–Trinajstić information content (AvgIpc) is 2.25. The fourth-order valence-electron chi connectivity index (χ4n) is 1.90. The van der Waals surface area contributed by atoms with Crippen molar-refractivity contribution in [1.82, 2.24) is 5.32 Å². The van der Waals surface area contributed by atoms with Crippen LogP contribution in [0.3, 0.4) is 0 Å². The molecule has 1 saturated heterocycles. The fraction of sp³-hybridized carbons (Fsp3) is 0.538. The van der Waals surface area contributed by atoms with E-state index in [0.717, 1.165) is 19.6 Å². The number of benzene rings is 1. The van der Waals surface area contributed by atoms with Gasteiger partial charge in [-0.2, -0.15) is 0 Å². The van der Waals surface area contributed by atoms with Gasteiger partial charge in [0.1, 0.15) is 6.23 Å². The first-order valence-electron chi connectivity index (χ1n) is 5.65. The van der Waals surface area contributed by atoms with E-state index in [1.807, 2.05) is 0 Å². The third-order valence-corrected chi connectivity index (χ3v) is 2.94. The van der Waals surface area contributed by atoms with Gasteiger partial charge in [-0.05, 0) is 24.0 Å². The second-order valence-corrected chi connectivity index (χ2v) is 4.47. The number of ether oxygens (including phenoxy) is 1. The average molecular weight is 205 g/mol. The Kier molecular flexibility index (Phi) is 3.39. The number of hydrogen-bond acceptors (Lipinski definition) is 2. The second-order valence-electron chi connectivity index (χ2n) is 4.47. The molecule has 1 fully saturated rings. The van der Waals surface area contributed by atoms with Crippen molar-refractivity contribution in [3.63, 3.8) is 0 Å². The Morgan fingerprint density at radius 3 is 2.87 bits per heavy atom. The molecule has 2 nitrogen and oxygen atoms in total. The van der Waals surface area contributed by atoms with Gasteiger partial charge >= 0.3 is 0 Å². The minimum atomic E-state index is 0.197. The van der Waals surface area contributed by atoms with Gasteiger partial charge in [-0.3, -0.25) is 5.32 Å². The molecule has 1 aromatic rings. The summed E-state index contributed by atoms with van der Waals surface area (Å²) < 4.78 is 5.74. The molecule has 1 aromatic carbocycles. The van der Waals surface area contributed by atoms with Gasteiger partial charge in [0, 0.05) is 13.0 Å². The van der Waals surface area contributed by atoms with Crippen molar-refractivity contribution in [3.8, 4) is 0 Å². The van der Waals surface area contributed by atoms with Crippen LogP contribution in [0.1, 0.15) is 18.1 Å². The summed E-state index contributed by atoms with van der Waals surface area (Å²) in [5.74, 6) is 0.637. The van der Waals surface area contributed by atoms with E-state index in [1.165, 1.54) is 11.1 Å². The first-order valence-corrected chi connectivity index (χ1v) is 5.65. The monoisotopic (exact) mass is 205 g/mol. The summed E-state index contributed by atoms with van der Waals surface area (Å²) in [6, 6.07) is 8.50. The van der Waals surface area contributed by atoms with Crippen LogP contribution < -0.4 is 5.32 Å². The van der Waals surface area contributed by atoms with E-state index in [1.54, 1.807) is 0 Å². The van der Waals surface area contributed by atoms with Gasteiger partial charge in [0.05, 0.1) is 6.61 Å². The standard InChI is InChI=1S/C13H19NO/c1-10-8-14-13(15-9-10)7-12-6-4-3-5-11(12)2/h3-6,10,13-14H,7-9H2,1-2H3. The van der Waals surface area contributed by atoms with Gasteiger partial charge < -0.3 is 4.74 Å². The highest BCUT2D eigenvalue weighted by Gasteiger charge is 2.18. The smallest absolute Gasteiger partial charge is 0.112 e. The molecule has 0 bridgehead atoms. The summed E-state index contributed by atoms with van der Waals surface area (Å²) in [6.07, 6.45) is 1.17. The predicted molar refractivity (Wildman–Crippen MR) is 61.8 cm³/mol. The van der Waals surface area contributed by atoms with E-state index < -0.39 is 0 Å². The van der Waals surface area contributed by atoms with E-state index >= 15 is 0 Å². The summed E-state index contributed by atoms with van der Waals surface area (Å²) in [7, 11) is 0. The van der Waals surface area contributed by atoms with Gasteiger partial charge in [0.15, 0.2) is 0 Å². The first kappa shape index (κ1) is 10.7. The van der Waals surface area contributed by atoms with Crippen LogP contribution in [0, 0.1) is 12.8 Å². The molecule has 2 rings (SSSR count). The molecule has 15 heavy (non-hydrogen) atoms. The highest BCUT2D eigenvalue weighted by Crippen LogP contribution is 2.13. The van der Waals surface area contributed by atoms with Crippen LogP contribution in [-0.2, 0) is 11.2 Å². The van der Waals surface area contributed by atoms with Crippen LogP contribution in [0.2, 0.25) is 0 Å². The first-order chi connectivity index (χ1) is 7.25. The lowest BCUT2D eigenvalue weighted by atomic mass is 10.0. The molecule has 1 aliphatic rings. The predicted octanol–water partition coefficient (Wildman–Crippen LogP) is 2.12. The second kappa shape index (κ2) is 4.77. The zero-order chi connectivity index (χ0) is 10.7. The Hall–Kier alpha value is -0.860. The fourth-order valence-corrected chi connectivity index (χ4v) is 1.90. The number of hydrogen-bond donors (Lipinski definition) is 1. The lowest BCUT2D eigenvalue weighted by molar-refractivity contribution is -0.0228. The third-order valence-electron chi connectivity index (χ3n) is 2.94. The van der Waals surface area contributed by atoms with Crippen LogP contribution in [-0.4, -0.2) is 19.4 Å². The topological polar surface area (TPSA) is 21.3 Å². The maximum Gasteiger partial charge on any atom is 0.112 e. The molecule has 0 aliphatic carbocycles. The summed E-state index contributed by atoms with van der Waals surface area (Å²) in [4.78, 5) is 0. The maximum absolute atomic E-state index is 5.74. The number of nitrogens with one attached hydrogen (secondary N) is 1. The molecule has 1 aliphatic heterocycles. The Labute approximate surface area is 91.6 Å². The molecule has 1 N–H and O–H groups in total. The lowest BCUT2D eigenvalue weighted by Gasteiger charge is -2.28. The van der Waals surface area contributed by atoms with Gasteiger partial charge in [-0.15, -0.1) is 0 Å². The summed E-state index contributed by atoms with van der Waals surface area (Å²) in [5.41, 5.74) is 2.73. The molecule has 2 unspecified atom stereocenters. The van der Waals surface area contributed by atoms with Crippen LogP contribution in [0.15, 0.2) is 24.3 Å². The minimum absolute atomic E-state index is 0.197. The highest BCUT2D eigenvalue weighted by atomic mass is 16.5. The Balaban J connectivity index is 1.95. The highest BCUT2D eigenvalue weighted by molar-refractivity contribution is 5.26. The zero-order valence-corrected chi connectivity index (χ0v) is 9.49. The lowest BCUT2D eigenvalue weighted by Crippen LogP contribution is -2.43. The van der Waals surface area contributed by atoms with Crippen LogP contribution in [0.5, 0.6) is 0 Å². The molecular formula is C13H19NO. The van der Waals surface area contributed by atoms with E-state index in [9.17, 15) is 0 Å². The van der Waals surface area contributed by atoms with Gasteiger partial charge in [-0.1, -0.05) is 31.2 Å². The van der Waals surface area contributed by atoms with Crippen molar-refractivity contribution < 1.29 is 4.74 Å². The van der Waals surface area contributed by atoms with Crippen molar-refractivity contribution in [2.45, 2.75) is 26.5 Å². The van der Waals surface area contributed by atoms with Crippen molar-refractivity contribution in [2.75, 3.05) is 13.2 Å². The molecule has 0 amide bonds. The molecule has 2 atom stereocenters. The van der Waals surface area contributed by atoms with Crippen LogP contribution in [0.25, 0.3) is 0 Å². The Morgan fingerprint density at radius 2 is 2.20 bits per heavy atom. The molecule has 2 heteroatoms. The minimum Gasteiger partial charge on any atom is -0.363 e. The van der Waals surface area contributed by atoms with Gasteiger partial charge in [0.25, 0.3) is 0 Å². The van der Waals surface area contributed by atoms with E-state index in [2.05, 4.69) is 43.4 Å². The summed E-state index contributed by atoms with van der Waals surface area (Å²) in [6.45, 7) is 6.30. The third kappa shape index (κ3) is 2.80. The SMILES string of the molecule is Cc1ccccc1CC1NCC(C)CO1. The van der Waals surface area contributed by atoms with Crippen molar-refractivity contribution in [1.29, 1.82) is 0 Å². The molecule has 82 valence electrons. The molecule has 0 saturated carbocycles.